The molecule has 1 N–H and O–H groups in total. The highest BCUT2D eigenvalue weighted by atomic mass is 19.4. The summed E-state index contributed by atoms with van der Waals surface area (Å²) in [5.74, 6) is -2.00. The summed E-state index contributed by atoms with van der Waals surface area (Å²) in [6.07, 6.45) is -0.579. The van der Waals surface area contributed by atoms with Gasteiger partial charge in [-0.3, -0.25) is 0 Å². The molecule has 0 spiro atoms. The van der Waals surface area contributed by atoms with E-state index in [1.807, 2.05) is 0 Å². The fourth-order valence-corrected chi connectivity index (χ4v) is 2.24. The van der Waals surface area contributed by atoms with E-state index in [9.17, 15) is 18.3 Å². The summed E-state index contributed by atoms with van der Waals surface area (Å²) in [5.41, 5.74) is 0. The van der Waals surface area contributed by atoms with E-state index in [1.165, 1.54) is 0 Å². The van der Waals surface area contributed by atoms with Crippen molar-refractivity contribution in [2.75, 3.05) is 0 Å². The molecular weight excluding hydrogens is 205 g/mol. The quantitative estimate of drug-likeness (QED) is 0.726. The topological polar surface area (TPSA) is 20.2 Å². The second-order valence-corrected chi connectivity index (χ2v) is 4.19. The van der Waals surface area contributed by atoms with Crippen molar-refractivity contribution in [1.82, 2.24) is 0 Å². The number of halogens is 3. The molecule has 0 bridgehead atoms. The van der Waals surface area contributed by atoms with Gasteiger partial charge in [0.25, 0.3) is 0 Å². The lowest BCUT2D eigenvalue weighted by atomic mass is 9.80. The highest BCUT2D eigenvalue weighted by molar-refractivity contribution is 4.93. The lowest BCUT2D eigenvalue weighted by Gasteiger charge is -2.31. The molecule has 0 amide bonds. The molecule has 1 nitrogen and oxygen atoms in total. The van der Waals surface area contributed by atoms with Crippen LogP contribution in [0.25, 0.3) is 0 Å². The zero-order chi connectivity index (χ0) is 11.5. The van der Waals surface area contributed by atoms with Gasteiger partial charge in [-0.2, -0.15) is 13.2 Å². The first-order valence-electron chi connectivity index (χ1n) is 5.34. The summed E-state index contributed by atoms with van der Waals surface area (Å²) in [6.45, 7) is 3.16. The van der Waals surface area contributed by atoms with Crippen LogP contribution < -0.4 is 0 Å². The first-order chi connectivity index (χ1) is 6.96. The molecule has 1 saturated carbocycles. The van der Waals surface area contributed by atoms with Crippen LogP contribution >= 0.6 is 0 Å². The minimum Gasteiger partial charge on any atom is -0.392 e. The van der Waals surface area contributed by atoms with Gasteiger partial charge in [0.05, 0.1) is 12.0 Å². The van der Waals surface area contributed by atoms with E-state index in [-0.39, 0.29) is 5.92 Å². The Kier molecular flexibility index (Phi) is 4.20. The first-order valence-corrected chi connectivity index (χ1v) is 5.34. The van der Waals surface area contributed by atoms with Crippen molar-refractivity contribution in [3.05, 3.63) is 12.7 Å². The first kappa shape index (κ1) is 12.6. The van der Waals surface area contributed by atoms with Gasteiger partial charge < -0.3 is 5.11 Å². The third-order valence-corrected chi connectivity index (χ3v) is 3.13. The molecule has 1 aliphatic rings. The second kappa shape index (κ2) is 5.01. The maximum atomic E-state index is 12.5. The van der Waals surface area contributed by atoms with E-state index in [4.69, 9.17) is 0 Å². The van der Waals surface area contributed by atoms with Crippen molar-refractivity contribution >= 4 is 0 Å². The maximum absolute atomic E-state index is 12.5. The van der Waals surface area contributed by atoms with E-state index in [0.29, 0.717) is 12.8 Å². The molecule has 0 saturated heterocycles. The Balaban J connectivity index is 2.63. The van der Waals surface area contributed by atoms with Crippen LogP contribution in [0.2, 0.25) is 0 Å². The molecule has 88 valence electrons. The predicted molar refractivity (Wildman–Crippen MR) is 52.3 cm³/mol. The number of alkyl halides is 3. The molecule has 0 radical (unpaired) electrons. The summed E-state index contributed by atoms with van der Waals surface area (Å²) in [4.78, 5) is 0. The summed E-state index contributed by atoms with van der Waals surface area (Å²) in [6, 6.07) is 0. The average molecular weight is 222 g/mol. The van der Waals surface area contributed by atoms with Gasteiger partial charge in [-0.1, -0.05) is 25.3 Å². The fourth-order valence-electron chi connectivity index (χ4n) is 2.24. The molecule has 1 fully saturated rings. The van der Waals surface area contributed by atoms with Crippen LogP contribution in [-0.2, 0) is 0 Å². The van der Waals surface area contributed by atoms with Crippen LogP contribution in [0, 0.1) is 11.8 Å². The molecule has 0 aliphatic heterocycles. The number of hydrogen-bond donors (Lipinski definition) is 1. The van der Waals surface area contributed by atoms with Crippen LogP contribution in [0.4, 0.5) is 13.2 Å². The van der Waals surface area contributed by atoms with Crippen molar-refractivity contribution in [3.63, 3.8) is 0 Å². The molecule has 2 atom stereocenters. The summed E-state index contributed by atoms with van der Waals surface area (Å²) >= 11 is 0. The van der Waals surface area contributed by atoms with Crippen LogP contribution in [0.1, 0.15) is 32.1 Å². The summed E-state index contributed by atoms with van der Waals surface area (Å²) < 4.78 is 37.5. The molecule has 0 aromatic carbocycles. The number of hydrogen-bond acceptors (Lipinski definition) is 1. The van der Waals surface area contributed by atoms with Gasteiger partial charge in [0, 0.05) is 0 Å². The van der Waals surface area contributed by atoms with Gasteiger partial charge in [0.15, 0.2) is 0 Å². The van der Waals surface area contributed by atoms with Crippen molar-refractivity contribution in [1.29, 1.82) is 0 Å². The van der Waals surface area contributed by atoms with Crippen molar-refractivity contribution in [2.24, 2.45) is 11.8 Å². The SMILES string of the molecule is C=C[C@H]([C@H](O)C1CCCCC1)C(F)(F)F. The van der Waals surface area contributed by atoms with E-state index >= 15 is 0 Å². The zero-order valence-electron chi connectivity index (χ0n) is 8.63. The van der Waals surface area contributed by atoms with Gasteiger partial charge in [-0.15, -0.1) is 6.58 Å². The van der Waals surface area contributed by atoms with Crippen LogP contribution in [0.3, 0.4) is 0 Å². The lowest BCUT2D eigenvalue weighted by molar-refractivity contribution is -0.192. The van der Waals surface area contributed by atoms with Crippen molar-refractivity contribution in [3.8, 4) is 0 Å². The van der Waals surface area contributed by atoms with Crippen LogP contribution in [0.5, 0.6) is 0 Å². The molecule has 0 heterocycles. The van der Waals surface area contributed by atoms with Gasteiger partial charge in [0.2, 0.25) is 0 Å². The maximum Gasteiger partial charge on any atom is 0.397 e. The molecular formula is C11H17F3O. The fraction of sp³-hybridized carbons (Fsp3) is 0.818. The zero-order valence-corrected chi connectivity index (χ0v) is 8.63. The van der Waals surface area contributed by atoms with E-state index < -0.39 is 18.2 Å². The van der Waals surface area contributed by atoms with E-state index in [1.54, 1.807) is 0 Å². The Hall–Kier alpha value is -0.510. The molecule has 4 heteroatoms. The second-order valence-electron chi connectivity index (χ2n) is 4.19. The van der Waals surface area contributed by atoms with Gasteiger partial charge in [-0.25, -0.2) is 0 Å². The smallest absolute Gasteiger partial charge is 0.392 e. The lowest BCUT2D eigenvalue weighted by Crippen LogP contribution is -2.38. The molecule has 0 unspecified atom stereocenters. The number of aliphatic hydroxyl groups is 1. The van der Waals surface area contributed by atoms with E-state index in [2.05, 4.69) is 6.58 Å². The van der Waals surface area contributed by atoms with Gasteiger partial charge in [-0.05, 0) is 18.8 Å². The van der Waals surface area contributed by atoms with Crippen LogP contribution in [0.15, 0.2) is 12.7 Å². The Morgan fingerprint density at radius 1 is 1.20 bits per heavy atom. The highest BCUT2D eigenvalue weighted by Crippen LogP contribution is 2.37. The predicted octanol–water partition coefficient (Wildman–Crippen LogP) is 3.29. The van der Waals surface area contributed by atoms with Crippen molar-refractivity contribution in [2.45, 2.75) is 44.4 Å². The van der Waals surface area contributed by atoms with Gasteiger partial charge >= 0.3 is 6.18 Å². The van der Waals surface area contributed by atoms with Crippen LogP contribution in [-0.4, -0.2) is 17.4 Å². The Bertz CT molecular complexity index is 206. The average Bonchev–Trinajstić information content (AvgIpc) is 2.18. The molecule has 0 aromatic rings. The number of aliphatic hydroxyl groups excluding tert-OH is 1. The number of rotatable bonds is 3. The Labute approximate surface area is 88.0 Å². The molecule has 0 aromatic heterocycles. The van der Waals surface area contributed by atoms with Crippen molar-refractivity contribution < 1.29 is 18.3 Å². The molecule has 1 aliphatic carbocycles. The third kappa shape index (κ3) is 3.23. The minimum absolute atomic E-state index is 0.219. The molecule has 1 rings (SSSR count). The highest BCUT2D eigenvalue weighted by Gasteiger charge is 2.44. The monoisotopic (exact) mass is 222 g/mol. The minimum atomic E-state index is -4.38. The Morgan fingerprint density at radius 2 is 1.73 bits per heavy atom. The largest absolute Gasteiger partial charge is 0.397 e. The normalized spacial score (nSPS) is 23.5. The third-order valence-electron chi connectivity index (χ3n) is 3.13. The summed E-state index contributed by atoms with van der Waals surface area (Å²) in [7, 11) is 0. The van der Waals surface area contributed by atoms with Gasteiger partial charge in [0.1, 0.15) is 0 Å². The van der Waals surface area contributed by atoms with E-state index in [0.717, 1.165) is 25.3 Å². The summed E-state index contributed by atoms with van der Waals surface area (Å²) in [5, 5.41) is 9.68. The standard InChI is InChI=1S/C11H17F3O/c1-2-9(11(12,13)14)10(15)8-6-4-3-5-7-8/h2,8-10,15H,1,3-7H2/t9-,10-/m1/s1. The molecule has 15 heavy (non-hydrogen) atoms. The Morgan fingerprint density at radius 3 is 2.13 bits per heavy atom.